The second-order valence-corrected chi connectivity index (χ2v) is 6.00. The Balaban J connectivity index is 1.67. The van der Waals surface area contributed by atoms with E-state index in [1.807, 2.05) is 6.92 Å². The minimum absolute atomic E-state index is 0.0587. The first-order chi connectivity index (χ1) is 12.9. The molecule has 1 aliphatic rings. The summed E-state index contributed by atoms with van der Waals surface area (Å²) in [5.41, 5.74) is 1.22. The highest BCUT2D eigenvalue weighted by Gasteiger charge is 2.38. The Morgan fingerprint density at radius 3 is 2.41 bits per heavy atom. The summed E-state index contributed by atoms with van der Waals surface area (Å²) >= 11 is 0. The van der Waals surface area contributed by atoms with Crippen molar-refractivity contribution in [2.45, 2.75) is 19.6 Å². The Morgan fingerprint density at radius 2 is 1.85 bits per heavy atom. The number of nitrogens with zero attached hydrogens (tertiary/aromatic N) is 4. The van der Waals surface area contributed by atoms with Crippen LogP contribution in [0.2, 0.25) is 0 Å². The van der Waals surface area contributed by atoms with Gasteiger partial charge in [-0.25, -0.2) is 4.79 Å². The summed E-state index contributed by atoms with van der Waals surface area (Å²) in [5, 5.41) is 6.44. The van der Waals surface area contributed by atoms with Crippen molar-refractivity contribution in [3.63, 3.8) is 0 Å². The van der Waals surface area contributed by atoms with Crippen LogP contribution in [-0.4, -0.2) is 58.9 Å². The third kappa shape index (κ3) is 4.57. The summed E-state index contributed by atoms with van der Waals surface area (Å²) in [5.74, 6) is -1.58. The zero-order chi connectivity index (χ0) is 19.4. The van der Waals surface area contributed by atoms with Crippen molar-refractivity contribution in [3.05, 3.63) is 35.7 Å². The van der Waals surface area contributed by atoms with Crippen LogP contribution < -0.4 is 0 Å². The molecular formula is C17H19F3N4O3. The topological polar surface area (TPSA) is 71.7 Å². The lowest BCUT2D eigenvalue weighted by molar-refractivity contribution is -0.156. The zero-order valence-electron chi connectivity index (χ0n) is 14.7. The predicted octanol–water partition coefficient (Wildman–Crippen LogP) is 3.03. The molecule has 27 heavy (non-hydrogen) atoms. The summed E-state index contributed by atoms with van der Waals surface area (Å²) in [7, 11) is 0. The Kier molecular flexibility index (Phi) is 5.64. The smallest absolute Gasteiger partial charge is 0.413 e. The molecule has 2 amide bonds. The lowest BCUT2D eigenvalue weighted by atomic mass is 10.1. The Bertz CT molecular complexity index is 770. The van der Waals surface area contributed by atoms with E-state index in [4.69, 9.17) is 4.74 Å². The number of urea groups is 1. The van der Waals surface area contributed by atoms with Crippen molar-refractivity contribution in [1.82, 2.24) is 20.0 Å². The molecule has 1 aromatic carbocycles. The number of rotatable bonds is 4. The van der Waals surface area contributed by atoms with Gasteiger partial charge in [-0.2, -0.15) is 13.2 Å². The minimum Gasteiger partial charge on any atom is -0.413 e. The van der Waals surface area contributed by atoms with Crippen LogP contribution >= 0.6 is 0 Å². The fraction of sp³-hybridized carbons (Fsp3) is 0.471. The van der Waals surface area contributed by atoms with Gasteiger partial charge >= 0.3 is 18.1 Å². The average Bonchev–Trinajstić information content (AvgIpc) is 3.17. The van der Waals surface area contributed by atoms with Crippen molar-refractivity contribution in [2.24, 2.45) is 0 Å². The summed E-state index contributed by atoms with van der Waals surface area (Å²) < 4.78 is 47.6. The van der Waals surface area contributed by atoms with Crippen LogP contribution in [0.1, 0.15) is 18.4 Å². The molecule has 0 spiro atoms. The van der Waals surface area contributed by atoms with Gasteiger partial charge in [-0.3, -0.25) is 0 Å². The normalized spacial score (nSPS) is 15.0. The van der Waals surface area contributed by atoms with Crippen LogP contribution in [0.5, 0.6) is 0 Å². The largest absolute Gasteiger partial charge is 0.470 e. The second kappa shape index (κ2) is 7.95. The molecule has 10 heteroatoms. The van der Waals surface area contributed by atoms with Gasteiger partial charge in [0.1, 0.15) is 0 Å². The number of carbonyl (C=O) groups excluding carboxylic acids is 1. The van der Waals surface area contributed by atoms with Gasteiger partial charge in [-0.05, 0) is 24.6 Å². The second-order valence-electron chi connectivity index (χ2n) is 6.00. The highest BCUT2D eigenvalue weighted by atomic mass is 19.4. The molecule has 7 nitrogen and oxygen atoms in total. The first-order valence-corrected chi connectivity index (χ1v) is 8.50. The molecule has 0 N–H and O–H groups in total. The molecule has 2 heterocycles. The van der Waals surface area contributed by atoms with E-state index >= 15 is 0 Å². The van der Waals surface area contributed by atoms with Gasteiger partial charge in [0.2, 0.25) is 5.89 Å². The number of morpholine rings is 1. The zero-order valence-corrected chi connectivity index (χ0v) is 14.7. The predicted molar refractivity (Wildman–Crippen MR) is 88.6 cm³/mol. The highest BCUT2D eigenvalue weighted by Crippen LogP contribution is 2.30. The third-order valence-corrected chi connectivity index (χ3v) is 4.18. The summed E-state index contributed by atoms with van der Waals surface area (Å²) in [6.07, 6.45) is -4.67. The van der Waals surface area contributed by atoms with Gasteiger partial charge in [0, 0.05) is 31.7 Å². The highest BCUT2D eigenvalue weighted by molar-refractivity contribution is 5.74. The van der Waals surface area contributed by atoms with Crippen LogP contribution in [0.15, 0.2) is 28.7 Å². The van der Waals surface area contributed by atoms with Crippen LogP contribution in [0, 0.1) is 0 Å². The van der Waals surface area contributed by atoms with Crippen LogP contribution in [-0.2, 0) is 17.5 Å². The van der Waals surface area contributed by atoms with Crippen molar-refractivity contribution in [3.8, 4) is 11.5 Å². The molecule has 1 aromatic heterocycles. The standard InChI is InChI=1S/C17H19F3N4O3/c1-2-23(16(25)24-7-9-26-10-8-24)11-12-3-5-13(6-4-12)14-21-22-15(27-14)17(18,19)20/h3-6H,2,7-11H2,1H3. The van der Waals surface area contributed by atoms with E-state index in [9.17, 15) is 18.0 Å². The number of benzene rings is 1. The fourth-order valence-electron chi connectivity index (χ4n) is 2.70. The van der Waals surface area contributed by atoms with Crippen molar-refractivity contribution >= 4 is 6.03 Å². The van der Waals surface area contributed by atoms with Crippen LogP contribution in [0.25, 0.3) is 11.5 Å². The number of hydrogen-bond donors (Lipinski definition) is 0. The molecule has 0 aliphatic carbocycles. The molecule has 146 valence electrons. The van der Waals surface area contributed by atoms with E-state index in [0.717, 1.165) is 5.56 Å². The van der Waals surface area contributed by atoms with Crippen molar-refractivity contribution in [2.75, 3.05) is 32.8 Å². The molecule has 3 rings (SSSR count). The van der Waals surface area contributed by atoms with Gasteiger partial charge in [-0.15, -0.1) is 10.2 Å². The SMILES string of the molecule is CCN(Cc1ccc(-c2nnc(C(F)(F)F)o2)cc1)C(=O)N1CCOCC1. The van der Waals surface area contributed by atoms with E-state index in [2.05, 4.69) is 14.6 Å². The maximum absolute atomic E-state index is 12.6. The first-order valence-electron chi connectivity index (χ1n) is 8.50. The number of alkyl halides is 3. The van der Waals surface area contributed by atoms with E-state index in [-0.39, 0.29) is 11.9 Å². The van der Waals surface area contributed by atoms with Crippen LogP contribution in [0.4, 0.5) is 18.0 Å². The molecule has 0 radical (unpaired) electrons. The van der Waals surface area contributed by atoms with Gasteiger partial charge in [0.25, 0.3) is 0 Å². The Hall–Kier alpha value is -2.62. The monoisotopic (exact) mass is 384 g/mol. The summed E-state index contributed by atoms with van der Waals surface area (Å²) in [4.78, 5) is 16.0. The van der Waals surface area contributed by atoms with Gasteiger partial charge in [0.05, 0.1) is 13.2 Å². The number of halogens is 3. The van der Waals surface area contributed by atoms with Crippen LogP contribution in [0.3, 0.4) is 0 Å². The van der Waals surface area contributed by atoms with Crippen molar-refractivity contribution in [1.29, 1.82) is 0 Å². The van der Waals surface area contributed by atoms with Gasteiger partial charge in [-0.1, -0.05) is 12.1 Å². The number of amides is 2. The molecule has 0 atom stereocenters. The maximum Gasteiger partial charge on any atom is 0.470 e. The molecule has 0 bridgehead atoms. The van der Waals surface area contributed by atoms with Gasteiger partial charge in [0.15, 0.2) is 0 Å². The number of aromatic nitrogens is 2. The van der Waals surface area contributed by atoms with E-state index in [0.29, 0.717) is 45.0 Å². The van der Waals surface area contributed by atoms with Gasteiger partial charge < -0.3 is 19.0 Å². The first kappa shape index (κ1) is 19.2. The summed E-state index contributed by atoms with van der Waals surface area (Å²) in [6.45, 7) is 5.01. The lowest BCUT2D eigenvalue weighted by Crippen LogP contribution is -2.47. The Labute approximate surface area is 153 Å². The Morgan fingerprint density at radius 1 is 1.19 bits per heavy atom. The van der Waals surface area contributed by atoms with E-state index < -0.39 is 12.1 Å². The van der Waals surface area contributed by atoms with E-state index in [1.54, 1.807) is 34.1 Å². The molecule has 1 saturated heterocycles. The third-order valence-electron chi connectivity index (χ3n) is 4.18. The maximum atomic E-state index is 12.6. The van der Waals surface area contributed by atoms with Crippen molar-refractivity contribution < 1.29 is 27.1 Å². The average molecular weight is 384 g/mol. The molecule has 2 aromatic rings. The molecular weight excluding hydrogens is 365 g/mol. The molecule has 1 fully saturated rings. The van der Waals surface area contributed by atoms with E-state index in [1.165, 1.54) is 0 Å². The quantitative estimate of drug-likeness (QED) is 0.810. The summed E-state index contributed by atoms with van der Waals surface area (Å²) in [6, 6.07) is 6.58. The minimum atomic E-state index is -4.67. The molecule has 1 aliphatic heterocycles. The fourth-order valence-corrected chi connectivity index (χ4v) is 2.70. The number of carbonyl (C=O) groups is 1. The molecule has 0 unspecified atom stereocenters. The lowest BCUT2D eigenvalue weighted by Gasteiger charge is -2.32. The number of ether oxygens (including phenoxy) is 1. The molecule has 0 saturated carbocycles. The number of hydrogen-bond acceptors (Lipinski definition) is 5.